The number of carboxylic acids is 1. The fourth-order valence-corrected chi connectivity index (χ4v) is 2.05. The summed E-state index contributed by atoms with van der Waals surface area (Å²) in [5.74, 6) is 0.728. The van der Waals surface area contributed by atoms with Gasteiger partial charge in [-0.1, -0.05) is 0 Å². The summed E-state index contributed by atoms with van der Waals surface area (Å²) in [6.45, 7) is 2.42. The van der Waals surface area contributed by atoms with Gasteiger partial charge in [0.25, 0.3) is 0 Å². The molecule has 2 heterocycles. The number of benzene rings is 1. The lowest BCUT2D eigenvalue weighted by molar-refractivity contribution is 0.0697. The highest BCUT2D eigenvalue weighted by Crippen LogP contribution is 2.17. The molecule has 0 saturated heterocycles. The van der Waals surface area contributed by atoms with E-state index in [2.05, 4.69) is 4.98 Å². The molecule has 0 aliphatic carbocycles. The fourth-order valence-electron chi connectivity index (χ4n) is 2.05. The molecule has 96 valence electrons. The minimum Gasteiger partial charge on any atom is -0.478 e. The first-order chi connectivity index (χ1) is 9.13. The van der Waals surface area contributed by atoms with Gasteiger partial charge >= 0.3 is 5.97 Å². The summed E-state index contributed by atoms with van der Waals surface area (Å²) in [6, 6.07) is 8.70. The van der Waals surface area contributed by atoms with Gasteiger partial charge in [-0.15, -0.1) is 0 Å². The topological polar surface area (TPSA) is 68.3 Å². The molecule has 0 bridgehead atoms. The van der Waals surface area contributed by atoms with Crippen molar-refractivity contribution >= 4 is 17.0 Å². The van der Waals surface area contributed by atoms with Crippen molar-refractivity contribution < 1.29 is 14.3 Å². The SMILES string of the molecule is Cc1ccc(Cn2cnc3ccc(C(=O)O)cc32)o1. The van der Waals surface area contributed by atoms with Gasteiger partial charge in [-0.2, -0.15) is 0 Å². The number of furan rings is 1. The minimum atomic E-state index is -0.941. The molecule has 19 heavy (non-hydrogen) atoms. The predicted octanol–water partition coefficient (Wildman–Crippen LogP) is 2.68. The van der Waals surface area contributed by atoms with Crippen molar-refractivity contribution in [3.05, 3.63) is 53.7 Å². The Hall–Kier alpha value is -2.56. The van der Waals surface area contributed by atoms with Crippen molar-refractivity contribution in [2.75, 3.05) is 0 Å². The smallest absolute Gasteiger partial charge is 0.335 e. The number of aryl methyl sites for hydroxylation is 1. The first-order valence-corrected chi connectivity index (χ1v) is 5.87. The molecule has 0 spiro atoms. The average Bonchev–Trinajstić information content (AvgIpc) is 2.96. The molecule has 0 saturated carbocycles. The maximum atomic E-state index is 11.0. The van der Waals surface area contributed by atoms with Gasteiger partial charge in [-0.25, -0.2) is 9.78 Å². The van der Waals surface area contributed by atoms with E-state index in [-0.39, 0.29) is 5.56 Å². The van der Waals surface area contributed by atoms with E-state index in [4.69, 9.17) is 9.52 Å². The van der Waals surface area contributed by atoms with Crippen LogP contribution in [0.1, 0.15) is 21.9 Å². The maximum Gasteiger partial charge on any atom is 0.335 e. The largest absolute Gasteiger partial charge is 0.478 e. The zero-order chi connectivity index (χ0) is 13.4. The minimum absolute atomic E-state index is 0.255. The van der Waals surface area contributed by atoms with E-state index in [0.29, 0.717) is 6.54 Å². The van der Waals surface area contributed by atoms with Gasteiger partial charge in [0, 0.05) is 0 Å². The third-order valence-electron chi connectivity index (χ3n) is 2.99. The van der Waals surface area contributed by atoms with Gasteiger partial charge in [0.05, 0.1) is 29.5 Å². The van der Waals surface area contributed by atoms with Crippen LogP contribution in [0.5, 0.6) is 0 Å². The summed E-state index contributed by atoms with van der Waals surface area (Å²) in [7, 11) is 0. The monoisotopic (exact) mass is 256 g/mol. The number of aromatic carboxylic acids is 1. The van der Waals surface area contributed by atoms with Gasteiger partial charge in [-0.05, 0) is 37.3 Å². The highest BCUT2D eigenvalue weighted by Gasteiger charge is 2.09. The second kappa shape index (κ2) is 4.28. The van der Waals surface area contributed by atoms with Gasteiger partial charge in [0.1, 0.15) is 11.5 Å². The summed E-state index contributed by atoms with van der Waals surface area (Å²) >= 11 is 0. The number of carbonyl (C=O) groups is 1. The van der Waals surface area contributed by atoms with E-state index < -0.39 is 5.97 Å². The first-order valence-electron chi connectivity index (χ1n) is 5.87. The number of rotatable bonds is 3. The highest BCUT2D eigenvalue weighted by atomic mass is 16.4. The van der Waals surface area contributed by atoms with Crippen molar-refractivity contribution in [3.8, 4) is 0 Å². The normalized spacial score (nSPS) is 11.0. The lowest BCUT2D eigenvalue weighted by Gasteiger charge is -2.02. The number of imidazole rings is 1. The van der Waals surface area contributed by atoms with Crippen molar-refractivity contribution in [2.24, 2.45) is 0 Å². The van der Waals surface area contributed by atoms with E-state index >= 15 is 0 Å². The van der Waals surface area contributed by atoms with E-state index in [1.165, 1.54) is 0 Å². The average molecular weight is 256 g/mol. The molecule has 1 aromatic carbocycles. The molecule has 3 aromatic rings. The Morgan fingerprint density at radius 3 is 2.89 bits per heavy atom. The Bertz CT molecular complexity index is 755. The van der Waals surface area contributed by atoms with Crippen molar-refractivity contribution in [1.82, 2.24) is 9.55 Å². The zero-order valence-electron chi connectivity index (χ0n) is 10.3. The highest BCUT2D eigenvalue weighted by molar-refractivity contribution is 5.92. The predicted molar refractivity (Wildman–Crippen MR) is 69.2 cm³/mol. The zero-order valence-corrected chi connectivity index (χ0v) is 10.3. The van der Waals surface area contributed by atoms with Gasteiger partial charge in [0.15, 0.2) is 0 Å². The van der Waals surface area contributed by atoms with Crippen LogP contribution in [0.4, 0.5) is 0 Å². The third-order valence-corrected chi connectivity index (χ3v) is 2.99. The molecule has 0 unspecified atom stereocenters. The maximum absolute atomic E-state index is 11.0. The summed E-state index contributed by atoms with van der Waals surface area (Å²) in [5.41, 5.74) is 1.81. The molecule has 0 amide bonds. The molecule has 5 heteroatoms. The molecule has 0 fully saturated rings. The van der Waals surface area contributed by atoms with Crippen LogP contribution in [0.2, 0.25) is 0 Å². The van der Waals surface area contributed by atoms with E-state index in [1.807, 2.05) is 23.6 Å². The Balaban J connectivity index is 2.03. The number of carboxylic acid groups (broad SMARTS) is 1. The lowest BCUT2D eigenvalue weighted by Crippen LogP contribution is -1.99. The molecule has 5 nitrogen and oxygen atoms in total. The van der Waals surface area contributed by atoms with Crippen LogP contribution < -0.4 is 0 Å². The van der Waals surface area contributed by atoms with E-state index in [9.17, 15) is 4.79 Å². The first kappa shape index (κ1) is 11.5. The number of fused-ring (bicyclic) bond motifs is 1. The second-order valence-corrected chi connectivity index (χ2v) is 4.39. The quantitative estimate of drug-likeness (QED) is 0.782. The van der Waals surface area contributed by atoms with Crippen LogP contribution in [0, 0.1) is 6.92 Å². The van der Waals surface area contributed by atoms with Crippen LogP contribution in [0.25, 0.3) is 11.0 Å². The van der Waals surface area contributed by atoms with Gasteiger partial charge in [-0.3, -0.25) is 0 Å². The number of aromatic nitrogens is 2. The number of nitrogens with zero attached hydrogens (tertiary/aromatic N) is 2. The van der Waals surface area contributed by atoms with Crippen LogP contribution in [-0.2, 0) is 6.54 Å². The van der Waals surface area contributed by atoms with Crippen molar-refractivity contribution in [3.63, 3.8) is 0 Å². The Morgan fingerprint density at radius 1 is 1.37 bits per heavy atom. The second-order valence-electron chi connectivity index (χ2n) is 4.39. The van der Waals surface area contributed by atoms with Crippen molar-refractivity contribution in [1.29, 1.82) is 0 Å². The Labute approximate surface area is 109 Å². The molecule has 0 atom stereocenters. The van der Waals surface area contributed by atoms with Crippen LogP contribution in [-0.4, -0.2) is 20.6 Å². The molecule has 1 N–H and O–H groups in total. The summed E-state index contributed by atoms with van der Waals surface area (Å²) in [5, 5.41) is 9.02. The van der Waals surface area contributed by atoms with Crippen LogP contribution in [0.3, 0.4) is 0 Å². The molecule has 2 aromatic heterocycles. The molecule has 0 aliphatic rings. The molecular weight excluding hydrogens is 244 g/mol. The van der Waals surface area contributed by atoms with Gasteiger partial charge in [0.2, 0.25) is 0 Å². The summed E-state index contributed by atoms with van der Waals surface area (Å²) in [6.07, 6.45) is 1.69. The van der Waals surface area contributed by atoms with Crippen molar-refractivity contribution in [2.45, 2.75) is 13.5 Å². The van der Waals surface area contributed by atoms with E-state index in [1.54, 1.807) is 24.5 Å². The Kier molecular flexibility index (Phi) is 2.59. The Morgan fingerprint density at radius 2 is 2.21 bits per heavy atom. The number of hydrogen-bond donors (Lipinski definition) is 1. The van der Waals surface area contributed by atoms with Gasteiger partial charge < -0.3 is 14.1 Å². The van der Waals surface area contributed by atoms with E-state index in [0.717, 1.165) is 22.6 Å². The van der Waals surface area contributed by atoms with Crippen LogP contribution in [0.15, 0.2) is 41.1 Å². The fraction of sp³-hybridized carbons (Fsp3) is 0.143. The number of hydrogen-bond acceptors (Lipinski definition) is 3. The molecular formula is C14H12N2O3. The molecule has 3 rings (SSSR count). The molecule has 0 aliphatic heterocycles. The van der Waals surface area contributed by atoms with Crippen LogP contribution >= 0.6 is 0 Å². The standard InChI is InChI=1S/C14H12N2O3/c1-9-2-4-11(19-9)7-16-8-15-12-5-3-10(14(17)18)6-13(12)16/h2-6,8H,7H2,1H3,(H,17,18). The third kappa shape index (κ3) is 2.10. The summed E-state index contributed by atoms with van der Waals surface area (Å²) in [4.78, 5) is 15.2. The summed E-state index contributed by atoms with van der Waals surface area (Å²) < 4.78 is 7.39. The molecule has 0 radical (unpaired) electrons. The lowest BCUT2D eigenvalue weighted by atomic mass is 10.2.